The molecular formula is C21H17ClN2O4S. The summed E-state index contributed by atoms with van der Waals surface area (Å²) >= 11 is 5.78. The van der Waals surface area contributed by atoms with E-state index in [4.69, 9.17) is 11.6 Å². The number of carbonyl (C=O) groups excluding carboxylic acids is 2. The fourth-order valence-electron chi connectivity index (χ4n) is 2.51. The number of halogens is 1. The number of hydrogen-bond donors (Lipinski definition) is 2. The van der Waals surface area contributed by atoms with E-state index in [-0.39, 0.29) is 16.6 Å². The molecule has 0 aromatic heterocycles. The number of amides is 1. The van der Waals surface area contributed by atoms with Gasteiger partial charge >= 0.3 is 0 Å². The van der Waals surface area contributed by atoms with Crippen LogP contribution in [0.25, 0.3) is 0 Å². The molecule has 0 aliphatic rings. The zero-order chi connectivity index (χ0) is 21.0. The van der Waals surface area contributed by atoms with Crippen molar-refractivity contribution >= 4 is 44.7 Å². The second kappa shape index (κ2) is 8.46. The van der Waals surface area contributed by atoms with Gasteiger partial charge in [-0.3, -0.25) is 14.3 Å². The van der Waals surface area contributed by atoms with Crippen LogP contribution >= 0.6 is 11.6 Å². The molecule has 0 saturated heterocycles. The summed E-state index contributed by atoms with van der Waals surface area (Å²) in [5.74, 6) is -0.410. The molecular weight excluding hydrogens is 412 g/mol. The van der Waals surface area contributed by atoms with Crippen molar-refractivity contribution in [3.8, 4) is 0 Å². The van der Waals surface area contributed by atoms with E-state index >= 15 is 0 Å². The lowest BCUT2D eigenvalue weighted by Gasteiger charge is -2.09. The average molecular weight is 429 g/mol. The lowest BCUT2D eigenvalue weighted by molar-refractivity contribution is 0.101. The number of Topliss-reactive ketones (excluding diaryl/α,β-unsaturated/α-hetero) is 1. The Hall–Kier alpha value is -3.16. The Balaban J connectivity index is 1.68. The molecule has 0 atom stereocenters. The van der Waals surface area contributed by atoms with Crippen molar-refractivity contribution in [2.45, 2.75) is 11.8 Å². The Labute approximate surface area is 173 Å². The first-order valence-electron chi connectivity index (χ1n) is 8.55. The van der Waals surface area contributed by atoms with Gasteiger partial charge in [0.2, 0.25) is 0 Å². The highest BCUT2D eigenvalue weighted by molar-refractivity contribution is 7.92. The third-order valence-corrected chi connectivity index (χ3v) is 5.72. The number of anilines is 2. The second-order valence-electron chi connectivity index (χ2n) is 6.22. The fourth-order valence-corrected chi connectivity index (χ4v) is 3.69. The summed E-state index contributed by atoms with van der Waals surface area (Å²) in [6, 6.07) is 18.4. The van der Waals surface area contributed by atoms with Gasteiger partial charge in [0.1, 0.15) is 0 Å². The third-order valence-electron chi connectivity index (χ3n) is 4.07. The first-order chi connectivity index (χ1) is 13.7. The molecule has 3 rings (SSSR count). The van der Waals surface area contributed by atoms with Crippen LogP contribution in [0.1, 0.15) is 27.6 Å². The van der Waals surface area contributed by atoms with Gasteiger partial charge in [-0.1, -0.05) is 11.6 Å². The molecule has 29 heavy (non-hydrogen) atoms. The van der Waals surface area contributed by atoms with Gasteiger partial charge in [0, 0.05) is 27.5 Å². The zero-order valence-electron chi connectivity index (χ0n) is 15.3. The standard InChI is InChI=1S/C21H17ClN2O4S/c1-14(25)15-2-8-18(9-3-15)23-21(26)16-4-10-19(11-5-16)24-29(27,28)20-12-6-17(22)7-13-20/h2-13,24H,1H3,(H,23,26). The van der Waals surface area contributed by atoms with E-state index in [1.54, 1.807) is 24.3 Å². The summed E-state index contributed by atoms with van der Waals surface area (Å²) in [6.45, 7) is 1.47. The van der Waals surface area contributed by atoms with E-state index in [9.17, 15) is 18.0 Å². The van der Waals surface area contributed by atoms with Crippen molar-refractivity contribution in [3.05, 3.63) is 88.9 Å². The summed E-state index contributed by atoms with van der Waals surface area (Å²) in [5, 5.41) is 3.16. The van der Waals surface area contributed by atoms with Crippen LogP contribution in [-0.2, 0) is 10.0 Å². The number of nitrogens with one attached hydrogen (secondary N) is 2. The quantitative estimate of drug-likeness (QED) is 0.561. The van der Waals surface area contributed by atoms with Gasteiger partial charge in [0.25, 0.3) is 15.9 Å². The zero-order valence-corrected chi connectivity index (χ0v) is 16.9. The number of benzene rings is 3. The number of carbonyl (C=O) groups is 2. The SMILES string of the molecule is CC(=O)c1ccc(NC(=O)c2ccc(NS(=O)(=O)c3ccc(Cl)cc3)cc2)cc1. The summed E-state index contributed by atoms with van der Waals surface area (Å²) in [6.07, 6.45) is 0. The number of hydrogen-bond acceptors (Lipinski definition) is 4. The number of rotatable bonds is 6. The van der Waals surface area contributed by atoms with Gasteiger partial charge in [0.05, 0.1) is 4.90 Å². The fraction of sp³-hybridized carbons (Fsp3) is 0.0476. The van der Waals surface area contributed by atoms with Gasteiger partial charge in [0.15, 0.2) is 5.78 Å². The molecule has 0 heterocycles. The minimum Gasteiger partial charge on any atom is -0.322 e. The maximum absolute atomic E-state index is 12.4. The van der Waals surface area contributed by atoms with Crippen LogP contribution in [0.4, 0.5) is 11.4 Å². The van der Waals surface area contributed by atoms with Gasteiger partial charge in [-0.15, -0.1) is 0 Å². The molecule has 0 radical (unpaired) electrons. The third kappa shape index (κ3) is 5.22. The highest BCUT2D eigenvalue weighted by Crippen LogP contribution is 2.19. The van der Waals surface area contributed by atoms with Gasteiger partial charge < -0.3 is 5.32 Å². The Kier molecular flexibility index (Phi) is 6.00. The molecule has 8 heteroatoms. The first-order valence-corrected chi connectivity index (χ1v) is 10.4. The van der Waals surface area contributed by atoms with Crippen LogP contribution < -0.4 is 10.0 Å². The highest BCUT2D eigenvalue weighted by Gasteiger charge is 2.14. The van der Waals surface area contributed by atoms with Crippen molar-refractivity contribution in [2.75, 3.05) is 10.0 Å². The summed E-state index contributed by atoms with van der Waals surface area (Å²) in [5.41, 5.74) is 1.78. The average Bonchev–Trinajstić information content (AvgIpc) is 2.69. The molecule has 0 saturated carbocycles. The maximum atomic E-state index is 12.4. The van der Waals surface area contributed by atoms with E-state index in [0.717, 1.165) is 0 Å². The normalized spacial score (nSPS) is 11.0. The lowest BCUT2D eigenvalue weighted by atomic mass is 10.1. The van der Waals surface area contributed by atoms with Crippen molar-refractivity contribution in [2.24, 2.45) is 0 Å². The Morgan fingerprint density at radius 1 is 0.759 bits per heavy atom. The van der Waals surface area contributed by atoms with E-state index < -0.39 is 10.0 Å². The minimum atomic E-state index is -3.76. The number of sulfonamides is 1. The first kappa shape index (κ1) is 20.6. The molecule has 0 unspecified atom stereocenters. The second-order valence-corrected chi connectivity index (χ2v) is 8.34. The van der Waals surface area contributed by atoms with E-state index in [2.05, 4.69) is 10.0 Å². The molecule has 148 valence electrons. The van der Waals surface area contributed by atoms with Crippen LogP contribution in [0, 0.1) is 0 Å². The van der Waals surface area contributed by atoms with Crippen molar-refractivity contribution in [1.29, 1.82) is 0 Å². The van der Waals surface area contributed by atoms with E-state index in [0.29, 0.717) is 27.5 Å². The summed E-state index contributed by atoms with van der Waals surface area (Å²) in [7, 11) is -3.76. The molecule has 6 nitrogen and oxygen atoms in total. The predicted octanol–water partition coefficient (Wildman–Crippen LogP) is 4.60. The smallest absolute Gasteiger partial charge is 0.261 e. The molecule has 3 aromatic carbocycles. The molecule has 0 fully saturated rings. The maximum Gasteiger partial charge on any atom is 0.261 e. The van der Waals surface area contributed by atoms with Crippen molar-refractivity contribution in [1.82, 2.24) is 0 Å². The van der Waals surface area contributed by atoms with E-state index in [1.165, 1.54) is 55.5 Å². The Morgan fingerprint density at radius 2 is 1.28 bits per heavy atom. The monoisotopic (exact) mass is 428 g/mol. The molecule has 0 spiro atoms. The van der Waals surface area contributed by atoms with Gasteiger partial charge in [-0.25, -0.2) is 8.42 Å². The molecule has 0 aliphatic carbocycles. The van der Waals surface area contributed by atoms with Crippen LogP contribution in [0.2, 0.25) is 5.02 Å². The molecule has 1 amide bonds. The minimum absolute atomic E-state index is 0.0560. The van der Waals surface area contributed by atoms with Crippen LogP contribution in [0.5, 0.6) is 0 Å². The summed E-state index contributed by atoms with van der Waals surface area (Å²) in [4.78, 5) is 23.7. The van der Waals surface area contributed by atoms with Crippen LogP contribution in [0.15, 0.2) is 77.7 Å². The Morgan fingerprint density at radius 3 is 1.83 bits per heavy atom. The molecule has 2 N–H and O–H groups in total. The van der Waals surface area contributed by atoms with Crippen molar-refractivity contribution < 1.29 is 18.0 Å². The van der Waals surface area contributed by atoms with Gasteiger partial charge in [-0.05, 0) is 79.7 Å². The molecule has 3 aromatic rings. The largest absolute Gasteiger partial charge is 0.322 e. The van der Waals surface area contributed by atoms with Crippen LogP contribution in [-0.4, -0.2) is 20.1 Å². The Bertz CT molecular complexity index is 1140. The lowest BCUT2D eigenvalue weighted by Crippen LogP contribution is -2.14. The molecule has 0 bridgehead atoms. The molecule has 0 aliphatic heterocycles. The summed E-state index contributed by atoms with van der Waals surface area (Å²) < 4.78 is 27.2. The highest BCUT2D eigenvalue weighted by atomic mass is 35.5. The van der Waals surface area contributed by atoms with Crippen LogP contribution in [0.3, 0.4) is 0 Å². The van der Waals surface area contributed by atoms with Crippen molar-refractivity contribution in [3.63, 3.8) is 0 Å². The van der Waals surface area contributed by atoms with E-state index in [1.807, 2.05) is 0 Å². The topological polar surface area (TPSA) is 92.3 Å². The predicted molar refractivity (Wildman–Crippen MR) is 113 cm³/mol. The van der Waals surface area contributed by atoms with Gasteiger partial charge in [-0.2, -0.15) is 0 Å². The number of ketones is 1.